The van der Waals surface area contributed by atoms with Crippen LogP contribution in [-0.2, 0) is 6.54 Å². The summed E-state index contributed by atoms with van der Waals surface area (Å²) >= 11 is 0. The average molecular weight is 224 g/mol. The van der Waals surface area contributed by atoms with Gasteiger partial charge in [-0.15, -0.1) is 0 Å². The predicted octanol–water partition coefficient (Wildman–Crippen LogP) is 2.06. The van der Waals surface area contributed by atoms with Crippen LogP contribution in [0.3, 0.4) is 0 Å². The third kappa shape index (κ3) is 1.73. The fourth-order valence-corrected chi connectivity index (χ4v) is 1.91. The lowest BCUT2D eigenvalue weighted by molar-refractivity contribution is 0.711. The molecule has 0 bridgehead atoms. The quantitative estimate of drug-likeness (QED) is 0.678. The van der Waals surface area contributed by atoms with Crippen LogP contribution in [0, 0.1) is 0 Å². The summed E-state index contributed by atoms with van der Waals surface area (Å²) in [5, 5.41) is 5.37. The molecule has 0 fully saturated rings. The zero-order chi connectivity index (χ0) is 11.7. The van der Waals surface area contributed by atoms with Crippen LogP contribution in [0.15, 0.2) is 48.9 Å². The lowest BCUT2D eigenvalue weighted by atomic mass is 10.2. The number of fused-ring (bicyclic) bond motifs is 1. The molecule has 3 aromatic rings. The van der Waals surface area contributed by atoms with Gasteiger partial charge >= 0.3 is 0 Å². The average Bonchev–Trinajstić information content (AvgIpc) is 2.76. The topological polar surface area (TPSA) is 56.7 Å². The number of aromatic nitrogens is 3. The van der Waals surface area contributed by atoms with E-state index in [9.17, 15) is 0 Å². The summed E-state index contributed by atoms with van der Waals surface area (Å²) in [6, 6.07) is 9.84. The molecule has 0 saturated heterocycles. The van der Waals surface area contributed by atoms with Crippen molar-refractivity contribution in [1.29, 1.82) is 0 Å². The summed E-state index contributed by atoms with van der Waals surface area (Å²) in [5.41, 5.74) is 8.90. The SMILES string of the molecule is Nc1cccc2c1cnn2Cc1ccncc1. The van der Waals surface area contributed by atoms with E-state index in [1.54, 1.807) is 12.4 Å². The van der Waals surface area contributed by atoms with Gasteiger partial charge in [-0.2, -0.15) is 5.10 Å². The number of pyridine rings is 1. The molecule has 17 heavy (non-hydrogen) atoms. The molecule has 0 saturated carbocycles. The molecular weight excluding hydrogens is 212 g/mol. The van der Waals surface area contributed by atoms with Gasteiger partial charge in [0, 0.05) is 23.5 Å². The third-order valence-corrected chi connectivity index (χ3v) is 2.80. The van der Waals surface area contributed by atoms with Crippen LogP contribution >= 0.6 is 0 Å². The summed E-state index contributed by atoms with van der Waals surface area (Å²) in [5.74, 6) is 0. The van der Waals surface area contributed by atoms with Gasteiger partial charge < -0.3 is 5.73 Å². The molecule has 0 aliphatic heterocycles. The monoisotopic (exact) mass is 224 g/mol. The van der Waals surface area contributed by atoms with E-state index in [0.29, 0.717) is 0 Å². The van der Waals surface area contributed by atoms with Crippen molar-refractivity contribution in [3.05, 3.63) is 54.5 Å². The molecule has 2 N–H and O–H groups in total. The summed E-state index contributed by atoms with van der Waals surface area (Å²) in [7, 11) is 0. The minimum atomic E-state index is 0.732. The minimum Gasteiger partial charge on any atom is -0.398 e. The van der Waals surface area contributed by atoms with Crippen LogP contribution < -0.4 is 5.73 Å². The Bertz CT molecular complexity index is 643. The Morgan fingerprint density at radius 2 is 1.94 bits per heavy atom. The maximum Gasteiger partial charge on any atom is 0.0707 e. The Balaban J connectivity index is 2.05. The molecule has 2 heterocycles. The van der Waals surface area contributed by atoms with Crippen LogP contribution in [-0.4, -0.2) is 14.8 Å². The highest BCUT2D eigenvalue weighted by molar-refractivity contribution is 5.90. The lowest BCUT2D eigenvalue weighted by Crippen LogP contribution is -2.01. The van der Waals surface area contributed by atoms with Crippen molar-refractivity contribution < 1.29 is 0 Å². The fourth-order valence-electron chi connectivity index (χ4n) is 1.91. The zero-order valence-corrected chi connectivity index (χ0v) is 9.24. The molecule has 2 aromatic heterocycles. The van der Waals surface area contributed by atoms with Gasteiger partial charge in [0.05, 0.1) is 18.3 Å². The highest BCUT2D eigenvalue weighted by Gasteiger charge is 2.04. The first-order valence-corrected chi connectivity index (χ1v) is 5.43. The van der Waals surface area contributed by atoms with Crippen LogP contribution in [0.4, 0.5) is 5.69 Å². The lowest BCUT2D eigenvalue weighted by Gasteiger charge is -2.03. The number of rotatable bonds is 2. The summed E-state index contributed by atoms with van der Waals surface area (Å²) in [6.45, 7) is 0.732. The second kappa shape index (κ2) is 3.90. The molecular formula is C13H12N4. The smallest absolute Gasteiger partial charge is 0.0707 e. The van der Waals surface area contributed by atoms with Gasteiger partial charge in [0.25, 0.3) is 0 Å². The highest BCUT2D eigenvalue weighted by Crippen LogP contribution is 2.20. The van der Waals surface area contributed by atoms with Crippen LogP contribution in [0.5, 0.6) is 0 Å². The maximum atomic E-state index is 5.90. The van der Waals surface area contributed by atoms with Gasteiger partial charge in [-0.3, -0.25) is 9.67 Å². The standard InChI is InChI=1S/C13H12N4/c14-12-2-1-3-13-11(12)8-16-17(13)9-10-4-6-15-7-5-10/h1-8H,9,14H2. The molecule has 0 aliphatic carbocycles. The Hall–Kier alpha value is -2.36. The molecule has 0 aliphatic rings. The van der Waals surface area contributed by atoms with E-state index in [4.69, 9.17) is 5.73 Å². The van der Waals surface area contributed by atoms with Crippen LogP contribution in [0.2, 0.25) is 0 Å². The molecule has 4 heteroatoms. The van der Waals surface area contributed by atoms with Gasteiger partial charge in [-0.25, -0.2) is 0 Å². The van der Waals surface area contributed by atoms with Gasteiger partial charge in [0.2, 0.25) is 0 Å². The van der Waals surface area contributed by atoms with Crippen LogP contribution in [0.25, 0.3) is 10.9 Å². The molecule has 0 atom stereocenters. The Kier molecular flexibility index (Phi) is 2.26. The first kappa shape index (κ1) is 9.84. The van der Waals surface area contributed by atoms with Crippen molar-refractivity contribution in [2.75, 3.05) is 5.73 Å². The maximum absolute atomic E-state index is 5.90. The van der Waals surface area contributed by atoms with E-state index in [1.165, 1.54) is 5.56 Å². The van der Waals surface area contributed by atoms with Gasteiger partial charge in [0.1, 0.15) is 0 Å². The second-order valence-electron chi connectivity index (χ2n) is 3.94. The molecule has 3 rings (SSSR count). The van der Waals surface area contributed by atoms with Gasteiger partial charge in [-0.1, -0.05) is 6.07 Å². The van der Waals surface area contributed by atoms with Gasteiger partial charge in [-0.05, 0) is 29.8 Å². The molecule has 0 unspecified atom stereocenters. The van der Waals surface area contributed by atoms with E-state index >= 15 is 0 Å². The summed E-state index contributed by atoms with van der Waals surface area (Å²) in [4.78, 5) is 4.00. The molecule has 84 valence electrons. The largest absolute Gasteiger partial charge is 0.398 e. The molecule has 0 radical (unpaired) electrons. The van der Waals surface area contributed by atoms with Crippen molar-refractivity contribution in [2.24, 2.45) is 0 Å². The van der Waals surface area contributed by atoms with Gasteiger partial charge in [0.15, 0.2) is 0 Å². The molecule has 0 spiro atoms. The minimum absolute atomic E-state index is 0.732. The summed E-state index contributed by atoms with van der Waals surface area (Å²) in [6.07, 6.45) is 5.39. The van der Waals surface area contributed by atoms with Crippen molar-refractivity contribution in [3.63, 3.8) is 0 Å². The van der Waals surface area contributed by atoms with E-state index in [-0.39, 0.29) is 0 Å². The van der Waals surface area contributed by atoms with E-state index < -0.39 is 0 Å². The Labute approximate surface area is 98.7 Å². The van der Waals surface area contributed by atoms with Crippen molar-refractivity contribution in [1.82, 2.24) is 14.8 Å². The molecule has 1 aromatic carbocycles. The number of hydrogen-bond acceptors (Lipinski definition) is 3. The number of nitrogens with zero attached hydrogens (tertiary/aromatic N) is 3. The van der Waals surface area contributed by atoms with Crippen LogP contribution in [0.1, 0.15) is 5.56 Å². The second-order valence-corrected chi connectivity index (χ2v) is 3.94. The van der Waals surface area contributed by atoms with Crippen molar-refractivity contribution in [3.8, 4) is 0 Å². The first-order chi connectivity index (χ1) is 8.34. The predicted molar refractivity (Wildman–Crippen MR) is 67.5 cm³/mol. The first-order valence-electron chi connectivity index (χ1n) is 5.43. The highest BCUT2D eigenvalue weighted by atomic mass is 15.3. The zero-order valence-electron chi connectivity index (χ0n) is 9.24. The normalized spacial score (nSPS) is 10.8. The van der Waals surface area contributed by atoms with Crippen molar-refractivity contribution in [2.45, 2.75) is 6.54 Å². The number of benzene rings is 1. The Morgan fingerprint density at radius 1 is 1.12 bits per heavy atom. The van der Waals surface area contributed by atoms with E-state index in [2.05, 4.69) is 10.1 Å². The van der Waals surface area contributed by atoms with E-state index in [0.717, 1.165) is 23.1 Å². The number of nitrogen functional groups attached to an aromatic ring is 1. The fraction of sp³-hybridized carbons (Fsp3) is 0.0769. The molecule has 0 amide bonds. The van der Waals surface area contributed by atoms with Crippen molar-refractivity contribution >= 4 is 16.6 Å². The number of hydrogen-bond donors (Lipinski definition) is 1. The number of nitrogens with two attached hydrogens (primary N) is 1. The third-order valence-electron chi connectivity index (χ3n) is 2.80. The Morgan fingerprint density at radius 3 is 2.76 bits per heavy atom. The number of anilines is 1. The molecule has 4 nitrogen and oxygen atoms in total. The summed E-state index contributed by atoms with van der Waals surface area (Å²) < 4.78 is 1.95. The van der Waals surface area contributed by atoms with E-state index in [1.807, 2.05) is 41.2 Å².